The minimum Gasteiger partial charge on any atom is -0.493 e. The molecule has 0 fully saturated rings. The maximum absolute atomic E-state index is 12.9. The van der Waals surface area contributed by atoms with Gasteiger partial charge in [-0.05, 0) is 35.7 Å². The first kappa shape index (κ1) is 25.6. The van der Waals surface area contributed by atoms with E-state index in [2.05, 4.69) is 15.6 Å². The molecule has 10 nitrogen and oxygen atoms in total. The minimum atomic E-state index is -0.569. The van der Waals surface area contributed by atoms with E-state index in [0.29, 0.717) is 52.6 Å². The van der Waals surface area contributed by atoms with Crippen LogP contribution in [0.2, 0.25) is 0 Å². The number of aromatic nitrogens is 2. The van der Waals surface area contributed by atoms with Crippen molar-refractivity contribution in [2.45, 2.75) is 26.9 Å². The number of hydrogen-bond donors (Lipinski definition) is 2. The zero-order valence-electron chi connectivity index (χ0n) is 21.5. The number of rotatable bonds is 10. The van der Waals surface area contributed by atoms with Crippen LogP contribution in [0, 0.1) is 5.92 Å². The molecule has 0 unspecified atom stereocenters. The first-order valence-electron chi connectivity index (χ1n) is 11.7. The van der Waals surface area contributed by atoms with Crippen molar-refractivity contribution in [3.8, 4) is 11.5 Å². The first-order chi connectivity index (χ1) is 17.9. The van der Waals surface area contributed by atoms with Crippen LogP contribution < -0.4 is 20.1 Å². The number of hydrogen-bond acceptors (Lipinski definition) is 8. The van der Waals surface area contributed by atoms with Crippen molar-refractivity contribution in [1.82, 2.24) is 9.55 Å². The molecule has 0 aliphatic rings. The fraction of sp³-hybridized carbons (Fsp3) is 0.296. The van der Waals surface area contributed by atoms with Gasteiger partial charge in [-0.15, -0.1) is 0 Å². The number of carbonyl (C=O) groups excluding carboxylic acids is 2. The van der Waals surface area contributed by atoms with Gasteiger partial charge in [0.05, 0.1) is 50.7 Å². The summed E-state index contributed by atoms with van der Waals surface area (Å²) in [5, 5.41) is 6.83. The van der Waals surface area contributed by atoms with Crippen molar-refractivity contribution in [3.63, 3.8) is 0 Å². The van der Waals surface area contributed by atoms with Crippen LogP contribution in [0.15, 0.2) is 53.5 Å². The van der Waals surface area contributed by atoms with Gasteiger partial charge in [0.1, 0.15) is 11.9 Å². The molecule has 0 saturated carbocycles. The van der Waals surface area contributed by atoms with E-state index in [0.717, 1.165) is 5.56 Å². The van der Waals surface area contributed by atoms with Crippen molar-refractivity contribution in [2.75, 3.05) is 32.0 Å². The molecule has 3 aromatic heterocycles. The van der Waals surface area contributed by atoms with Crippen LogP contribution in [-0.4, -0.2) is 42.8 Å². The van der Waals surface area contributed by atoms with Gasteiger partial charge in [0.15, 0.2) is 17.2 Å². The van der Waals surface area contributed by atoms with Crippen LogP contribution >= 0.6 is 0 Å². The smallest absolute Gasteiger partial charge is 0.356 e. The van der Waals surface area contributed by atoms with Gasteiger partial charge in [-0.25, -0.2) is 9.78 Å². The lowest BCUT2D eigenvalue weighted by Crippen LogP contribution is -2.18. The second-order valence-corrected chi connectivity index (χ2v) is 8.82. The predicted octanol–water partition coefficient (Wildman–Crippen LogP) is 4.95. The number of anilines is 2. The lowest BCUT2D eigenvalue weighted by atomic mass is 10.2. The van der Waals surface area contributed by atoms with Gasteiger partial charge in [0, 0.05) is 18.5 Å². The number of furan rings is 1. The summed E-state index contributed by atoms with van der Waals surface area (Å²) >= 11 is 0. The molecular formula is C27H30N4O6. The van der Waals surface area contributed by atoms with Crippen molar-refractivity contribution >= 4 is 34.3 Å². The van der Waals surface area contributed by atoms with E-state index in [9.17, 15) is 9.59 Å². The summed E-state index contributed by atoms with van der Waals surface area (Å²) in [7, 11) is 4.49. The molecule has 0 atom stereocenters. The maximum atomic E-state index is 12.9. The Morgan fingerprint density at radius 1 is 1.08 bits per heavy atom. The average molecular weight is 507 g/mol. The van der Waals surface area contributed by atoms with Crippen LogP contribution in [0.4, 0.5) is 11.4 Å². The molecule has 0 aliphatic heterocycles. The summed E-state index contributed by atoms with van der Waals surface area (Å²) in [6, 6.07) is 9.08. The molecule has 0 aliphatic carbocycles. The van der Waals surface area contributed by atoms with Crippen LogP contribution in [0.3, 0.4) is 0 Å². The van der Waals surface area contributed by atoms with Crippen molar-refractivity contribution in [3.05, 3.63) is 65.9 Å². The van der Waals surface area contributed by atoms with Crippen LogP contribution in [-0.2, 0) is 17.8 Å². The van der Waals surface area contributed by atoms with Gasteiger partial charge < -0.3 is 33.8 Å². The Labute approximate surface area is 214 Å². The van der Waals surface area contributed by atoms with Crippen molar-refractivity contribution in [2.24, 2.45) is 5.92 Å². The molecule has 4 aromatic rings. The Morgan fingerprint density at radius 2 is 1.86 bits per heavy atom. The van der Waals surface area contributed by atoms with Gasteiger partial charge >= 0.3 is 5.97 Å². The number of benzene rings is 1. The Hall–Kier alpha value is -4.47. The van der Waals surface area contributed by atoms with E-state index in [4.69, 9.17) is 18.6 Å². The summed E-state index contributed by atoms with van der Waals surface area (Å²) in [6.45, 7) is 5.07. The number of methoxy groups -OCH3 is 3. The maximum Gasteiger partial charge on any atom is 0.356 e. The molecule has 1 amide bonds. The number of nitrogens with one attached hydrogen (secondary N) is 2. The molecule has 0 spiro atoms. The van der Waals surface area contributed by atoms with E-state index in [-0.39, 0.29) is 11.6 Å². The summed E-state index contributed by atoms with van der Waals surface area (Å²) in [4.78, 5) is 30.5. The molecule has 10 heteroatoms. The largest absolute Gasteiger partial charge is 0.493 e. The van der Waals surface area contributed by atoms with Crippen LogP contribution in [0.5, 0.6) is 11.5 Å². The Morgan fingerprint density at radius 3 is 2.51 bits per heavy atom. The van der Waals surface area contributed by atoms with Gasteiger partial charge in [-0.3, -0.25) is 4.79 Å². The first-order valence-corrected chi connectivity index (χ1v) is 11.7. The third-order valence-electron chi connectivity index (χ3n) is 5.79. The molecule has 1 aromatic carbocycles. The van der Waals surface area contributed by atoms with Crippen LogP contribution in [0.25, 0.3) is 11.0 Å². The number of pyridine rings is 1. The van der Waals surface area contributed by atoms with Gasteiger partial charge in [0.25, 0.3) is 5.91 Å². The Kier molecular flexibility index (Phi) is 7.66. The molecule has 0 saturated heterocycles. The number of amides is 1. The monoisotopic (exact) mass is 506 g/mol. The highest BCUT2D eigenvalue weighted by atomic mass is 16.5. The lowest BCUT2D eigenvalue weighted by Gasteiger charge is -2.12. The third-order valence-corrected chi connectivity index (χ3v) is 5.79. The molecule has 2 N–H and O–H groups in total. The van der Waals surface area contributed by atoms with E-state index in [1.165, 1.54) is 19.6 Å². The molecule has 0 radical (unpaired) electrons. The minimum absolute atomic E-state index is 0.209. The van der Waals surface area contributed by atoms with Crippen molar-refractivity contribution < 1.29 is 28.2 Å². The Bertz CT molecular complexity index is 1410. The topological polar surface area (TPSA) is 117 Å². The van der Waals surface area contributed by atoms with E-state index in [1.807, 2.05) is 38.1 Å². The van der Waals surface area contributed by atoms with Gasteiger partial charge in [-0.1, -0.05) is 19.9 Å². The Balaban J connectivity index is 1.74. The second kappa shape index (κ2) is 11.1. The number of ether oxygens (including phenoxy) is 3. The standard InChI is InChI=1S/C27H30N4O6/c1-16(2)14-31-24(27(33)36-5)23(30-26(32)18-8-9-37-15-18)20-11-19(13-29-25(20)31)28-12-17-6-7-21(34-3)22(10-17)35-4/h6-11,13,15-16,28H,12,14H2,1-5H3,(H,30,32). The average Bonchev–Trinajstić information content (AvgIpc) is 3.54. The van der Waals surface area contributed by atoms with Crippen molar-refractivity contribution in [1.29, 1.82) is 0 Å². The molecule has 194 valence electrons. The number of esters is 1. The van der Waals surface area contributed by atoms with E-state index < -0.39 is 11.9 Å². The quantitative estimate of drug-likeness (QED) is 0.290. The van der Waals surface area contributed by atoms with Crippen LogP contribution in [0.1, 0.15) is 40.3 Å². The predicted molar refractivity (Wildman–Crippen MR) is 139 cm³/mol. The molecule has 37 heavy (non-hydrogen) atoms. The third kappa shape index (κ3) is 5.37. The fourth-order valence-electron chi connectivity index (χ4n) is 4.07. The molecule has 0 bridgehead atoms. The summed E-state index contributed by atoms with van der Waals surface area (Å²) in [6.07, 6.45) is 4.45. The zero-order chi connectivity index (χ0) is 26.5. The van der Waals surface area contributed by atoms with Gasteiger partial charge in [-0.2, -0.15) is 0 Å². The summed E-state index contributed by atoms with van der Waals surface area (Å²) < 4.78 is 22.6. The van der Waals surface area contributed by atoms with E-state index >= 15 is 0 Å². The highest BCUT2D eigenvalue weighted by molar-refractivity contribution is 6.14. The SMILES string of the molecule is COC(=O)c1c(NC(=O)c2ccoc2)c2cc(NCc3ccc(OC)c(OC)c3)cnc2n1CC(C)C. The number of fused-ring (bicyclic) bond motifs is 1. The molecule has 3 heterocycles. The zero-order valence-corrected chi connectivity index (χ0v) is 21.5. The molecule has 4 rings (SSSR count). The summed E-state index contributed by atoms with van der Waals surface area (Å²) in [5.74, 6) is 0.510. The number of nitrogens with zero attached hydrogens (tertiary/aromatic N) is 2. The highest BCUT2D eigenvalue weighted by Crippen LogP contribution is 2.34. The van der Waals surface area contributed by atoms with Gasteiger partial charge in [0.2, 0.25) is 0 Å². The summed E-state index contributed by atoms with van der Waals surface area (Å²) in [5.41, 5.74) is 3.13. The lowest BCUT2D eigenvalue weighted by molar-refractivity contribution is 0.0589. The fourth-order valence-corrected chi connectivity index (χ4v) is 4.07. The normalized spacial score (nSPS) is 11.0. The second-order valence-electron chi connectivity index (χ2n) is 8.82. The molecular weight excluding hydrogens is 476 g/mol. The van der Waals surface area contributed by atoms with E-state index in [1.54, 1.807) is 31.0 Å². The number of carbonyl (C=O) groups is 2. The highest BCUT2D eigenvalue weighted by Gasteiger charge is 2.27.